The van der Waals surface area contributed by atoms with E-state index >= 15 is 0 Å². The summed E-state index contributed by atoms with van der Waals surface area (Å²) in [6, 6.07) is 4.13. The molecule has 0 aliphatic rings. The third kappa shape index (κ3) is 4.59. The summed E-state index contributed by atoms with van der Waals surface area (Å²) in [6.07, 6.45) is 1.93. The van der Waals surface area contributed by atoms with Crippen molar-refractivity contribution in [1.29, 1.82) is 0 Å². The van der Waals surface area contributed by atoms with Crippen LogP contribution in [0.3, 0.4) is 0 Å². The lowest BCUT2D eigenvalue weighted by Gasteiger charge is -2.19. The zero-order valence-electron chi connectivity index (χ0n) is 10.7. The monoisotopic (exact) mass is 222 g/mol. The van der Waals surface area contributed by atoms with Crippen molar-refractivity contribution < 1.29 is 0 Å². The Labute approximate surface area is 98.3 Å². The van der Waals surface area contributed by atoms with E-state index in [1.807, 2.05) is 19.3 Å². The summed E-state index contributed by atoms with van der Waals surface area (Å²) in [5.41, 5.74) is 1.25. The SMILES string of the molecule is CNc1ccc(CN(C)CCN(C)C)cn1. The fourth-order valence-electron chi connectivity index (χ4n) is 1.43. The normalized spacial score (nSPS) is 11.1. The van der Waals surface area contributed by atoms with Crippen LogP contribution in [0.15, 0.2) is 18.3 Å². The van der Waals surface area contributed by atoms with Crippen LogP contribution in [0.25, 0.3) is 0 Å². The summed E-state index contributed by atoms with van der Waals surface area (Å²) in [5, 5.41) is 3.02. The fourth-order valence-corrected chi connectivity index (χ4v) is 1.43. The first kappa shape index (κ1) is 12.9. The van der Waals surface area contributed by atoms with Crippen molar-refractivity contribution in [2.24, 2.45) is 0 Å². The van der Waals surface area contributed by atoms with Gasteiger partial charge in [0.2, 0.25) is 0 Å². The number of nitrogens with one attached hydrogen (secondary N) is 1. The van der Waals surface area contributed by atoms with Gasteiger partial charge in [-0.2, -0.15) is 0 Å². The van der Waals surface area contributed by atoms with E-state index in [1.54, 1.807) is 0 Å². The average Bonchev–Trinajstić information content (AvgIpc) is 2.27. The minimum Gasteiger partial charge on any atom is -0.373 e. The van der Waals surface area contributed by atoms with E-state index in [1.165, 1.54) is 5.56 Å². The molecule has 0 aromatic carbocycles. The second-order valence-corrected chi connectivity index (χ2v) is 4.34. The minimum atomic E-state index is 0.916. The smallest absolute Gasteiger partial charge is 0.125 e. The molecule has 0 unspecified atom stereocenters. The highest BCUT2D eigenvalue weighted by Crippen LogP contribution is 2.06. The van der Waals surface area contributed by atoms with Crippen molar-refractivity contribution in [1.82, 2.24) is 14.8 Å². The van der Waals surface area contributed by atoms with Gasteiger partial charge in [0.1, 0.15) is 5.82 Å². The average molecular weight is 222 g/mol. The van der Waals surface area contributed by atoms with Gasteiger partial charge < -0.3 is 15.1 Å². The Kier molecular flexibility index (Phi) is 5.22. The van der Waals surface area contributed by atoms with Crippen LogP contribution in [0.1, 0.15) is 5.56 Å². The van der Waals surface area contributed by atoms with E-state index in [2.05, 4.69) is 47.3 Å². The van der Waals surface area contributed by atoms with Gasteiger partial charge in [-0.15, -0.1) is 0 Å². The lowest BCUT2D eigenvalue weighted by Crippen LogP contribution is -2.28. The summed E-state index contributed by atoms with van der Waals surface area (Å²) >= 11 is 0. The molecule has 0 spiro atoms. The number of pyridine rings is 1. The lowest BCUT2D eigenvalue weighted by molar-refractivity contribution is 0.276. The Morgan fingerprint density at radius 1 is 1.19 bits per heavy atom. The van der Waals surface area contributed by atoms with Gasteiger partial charge >= 0.3 is 0 Å². The Morgan fingerprint density at radius 2 is 1.94 bits per heavy atom. The molecule has 0 saturated heterocycles. The first-order chi connectivity index (χ1) is 7.61. The molecule has 90 valence electrons. The number of hydrogen-bond donors (Lipinski definition) is 1. The molecule has 1 heterocycles. The maximum absolute atomic E-state index is 4.30. The maximum atomic E-state index is 4.30. The molecule has 4 nitrogen and oxygen atoms in total. The standard InChI is InChI=1S/C12H22N4/c1-13-12-6-5-11(9-14-12)10-16(4)8-7-15(2)3/h5-6,9H,7-8,10H2,1-4H3,(H,13,14). The van der Waals surface area contributed by atoms with Gasteiger partial charge in [-0.1, -0.05) is 6.07 Å². The molecule has 1 rings (SSSR count). The molecular formula is C12H22N4. The number of rotatable bonds is 6. The van der Waals surface area contributed by atoms with Gasteiger partial charge in [-0.25, -0.2) is 4.98 Å². The Morgan fingerprint density at radius 3 is 2.44 bits per heavy atom. The third-order valence-electron chi connectivity index (χ3n) is 2.46. The fraction of sp³-hybridized carbons (Fsp3) is 0.583. The van der Waals surface area contributed by atoms with Crippen molar-refractivity contribution in [2.75, 3.05) is 46.6 Å². The van der Waals surface area contributed by atoms with E-state index in [4.69, 9.17) is 0 Å². The van der Waals surface area contributed by atoms with Crippen LogP contribution in [-0.2, 0) is 6.54 Å². The molecule has 1 aromatic rings. The number of nitrogens with zero attached hydrogens (tertiary/aromatic N) is 3. The van der Waals surface area contributed by atoms with Gasteiger partial charge in [-0.05, 0) is 32.8 Å². The van der Waals surface area contributed by atoms with Crippen LogP contribution < -0.4 is 5.32 Å². The van der Waals surface area contributed by atoms with Gasteiger partial charge in [0.25, 0.3) is 0 Å². The second kappa shape index (κ2) is 6.45. The molecule has 0 aliphatic carbocycles. The van der Waals surface area contributed by atoms with E-state index in [0.29, 0.717) is 0 Å². The van der Waals surface area contributed by atoms with Crippen molar-refractivity contribution in [2.45, 2.75) is 6.54 Å². The zero-order chi connectivity index (χ0) is 12.0. The minimum absolute atomic E-state index is 0.916. The van der Waals surface area contributed by atoms with Crippen LogP contribution in [0, 0.1) is 0 Å². The largest absolute Gasteiger partial charge is 0.373 e. The van der Waals surface area contributed by atoms with Crippen LogP contribution in [-0.4, -0.2) is 56.1 Å². The molecule has 4 heteroatoms. The molecule has 0 atom stereocenters. The molecule has 0 amide bonds. The van der Waals surface area contributed by atoms with E-state index < -0.39 is 0 Å². The molecule has 0 saturated carbocycles. The molecule has 0 aliphatic heterocycles. The van der Waals surface area contributed by atoms with Crippen LogP contribution in [0.5, 0.6) is 0 Å². The number of likely N-dealkylation sites (N-methyl/N-ethyl adjacent to an activating group) is 2. The number of hydrogen-bond acceptors (Lipinski definition) is 4. The van der Waals surface area contributed by atoms with Gasteiger partial charge in [0.15, 0.2) is 0 Å². The molecule has 1 aromatic heterocycles. The number of anilines is 1. The van der Waals surface area contributed by atoms with Gasteiger partial charge in [0.05, 0.1) is 0 Å². The van der Waals surface area contributed by atoms with E-state index in [0.717, 1.165) is 25.5 Å². The van der Waals surface area contributed by atoms with Crippen molar-refractivity contribution in [3.8, 4) is 0 Å². The molecule has 0 bridgehead atoms. The Balaban J connectivity index is 2.40. The Hall–Kier alpha value is -1.13. The van der Waals surface area contributed by atoms with Gasteiger partial charge in [-0.3, -0.25) is 0 Å². The summed E-state index contributed by atoms with van der Waals surface area (Å²) in [6.45, 7) is 3.10. The van der Waals surface area contributed by atoms with Crippen LogP contribution in [0.4, 0.5) is 5.82 Å². The maximum Gasteiger partial charge on any atom is 0.125 e. The molecule has 0 fully saturated rings. The predicted molar refractivity (Wildman–Crippen MR) is 68.7 cm³/mol. The highest BCUT2D eigenvalue weighted by atomic mass is 15.1. The van der Waals surface area contributed by atoms with Crippen molar-refractivity contribution >= 4 is 5.82 Å². The quantitative estimate of drug-likeness (QED) is 0.781. The molecule has 1 N–H and O–H groups in total. The van der Waals surface area contributed by atoms with E-state index in [9.17, 15) is 0 Å². The lowest BCUT2D eigenvalue weighted by atomic mass is 10.2. The summed E-state index contributed by atoms with van der Waals surface area (Å²) in [5.74, 6) is 0.916. The molecular weight excluding hydrogens is 200 g/mol. The zero-order valence-corrected chi connectivity index (χ0v) is 10.7. The summed E-state index contributed by atoms with van der Waals surface area (Å²) < 4.78 is 0. The molecule has 16 heavy (non-hydrogen) atoms. The number of aromatic nitrogens is 1. The van der Waals surface area contributed by atoms with Crippen LogP contribution >= 0.6 is 0 Å². The summed E-state index contributed by atoms with van der Waals surface area (Å²) in [7, 11) is 8.20. The third-order valence-corrected chi connectivity index (χ3v) is 2.46. The first-order valence-electron chi connectivity index (χ1n) is 5.58. The van der Waals surface area contributed by atoms with E-state index in [-0.39, 0.29) is 0 Å². The second-order valence-electron chi connectivity index (χ2n) is 4.34. The van der Waals surface area contributed by atoms with Crippen LogP contribution in [0.2, 0.25) is 0 Å². The van der Waals surface area contributed by atoms with Crippen molar-refractivity contribution in [3.63, 3.8) is 0 Å². The van der Waals surface area contributed by atoms with Gasteiger partial charge in [0, 0.05) is 32.9 Å². The highest BCUT2D eigenvalue weighted by Gasteiger charge is 2.01. The first-order valence-corrected chi connectivity index (χ1v) is 5.58. The highest BCUT2D eigenvalue weighted by molar-refractivity contribution is 5.34. The topological polar surface area (TPSA) is 31.4 Å². The Bertz CT molecular complexity index is 294. The summed E-state index contributed by atoms with van der Waals surface area (Å²) in [4.78, 5) is 8.79. The molecule has 0 radical (unpaired) electrons. The van der Waals surface area contributed by atoms with Crippen molar-refractivity contribution in [3.05, 3.63) is 23.9 Å². The predicted octanol–water partition coefficient (Wildman–Crippen LogP) is 1.12.